The molecule has 4 rings (SSSR count). The predicted molar refractivity (Wildman–Crippen MR) is 101 cm³/mol. The van der Waals surface area contributed by atoms with Crippen LogP contribution in [-0.2, 0) is 6.42 Å². The number of likely N-dealkylation sites (N-methyl/N-ethyl adjacent to an activating group) is 1. The van der Waals surface area contributed by atoms with Crippen molar-refractivity contribution in [1.29, 1.82) is 0 Å². The molecule has 27 heavy (non-hydrogen) atoms. The third-order valence-corrected chi connectivity index (χ3v) is 5.85. The number of nitrogens with zero attached hydrogens (tertiary/aromatic N) is 1. The monoisotopic (exact) mass is 388 g/mol. The molecule has 0 saturated carbocycles. The Labute approximate surface area is 158 Å². The van der Waals surface area contributed by atoms with Crippen LogP contribution in [0.15, 0.2) is 42.5 Å². The van der Waals surface area contributed by atoms with Crippen molar-refractivity contribution in [2.24, 2.45) is 0 Å². The van der Waals surface area contributed by atoms with E-state index in [0.29, 0.717) is 23.4 Å². The molecule has 0 saturated heterocycles. The topological polar surface area (TPSA) is 32.3 Å². The summed E-state index contributed by atoms with van der Waals surface area (Å²) in [5.74, 6) is -3.31. The van der Waals surface area contributed by atoms with E-state index >= 15 is 4.39 Å². The van der Waals surface area contributed by atoms with Crippen molar-refractivity contribution in [3.05, 3.63) is 70.4 Å². The molecular formula is C20H15F3N2OS. The Morgan fingerprint density at radius 1 is 1.07 bits per heavy atom. The molecule has 0 unspecified atom stereocenters. The summed E-state index contributed by atoms with van der Waals surface area (Å²) in [7, 11) is 1.93. The molecule has 0 spiro atoms. The van der Waals surface area contributed by atoms with Crippen LogP contribution in [0.4, 0.5) is 24.5 Å². The van der Waals surface area contributed by atoms with E-state index in [1.807, 2.05) is 36.2 Å². The Bertz CT molecular complexity index is 1030. The van der Waals surface area contributed by atoms with E-state index in [1.165, 1.54) is 6.07 Å². The largest absolute Gasteiger partial charge is 0.374 e. The van der Waals surface area contributed by atoms with Crippen molar-refractivity contribution in [3.8, 4) is 10.4 Å². The number of carbonyl (C=O) groups excluding carboxylic acids is 1. The number of anilines is 2. The highest BCUT2D eigenvalue weighted by atomic mass is 32.1. The van der Waals surface area contributed by atoms with Gasteiger partial charge >= 0.3 is 0 Å². The molecule has 2 aromatic carbocycles. The van der Waals surface area contributed by atoms with Gasteiger partial charge in [0, 0.05) is 35.3 Å². The first-order chi connectivity index (χ1) is 13.0. The fourth-order valence-electron chi connectivity index (χ4n) is 3.22. The second-order valence-corrected chi connectivity index (χ2v) is 7.31. The zero-order valence-corrected chi connectivity index (χ0v) is 15.2. The van der Waals surface area contributed by atoms with E-state index in [4.69, 9.17) is 0 Å². The normalized spacial score (nSPS) is 13.0. The number of rotatable bonds is 2. The lowest BCUT2D eigenvalue weighted by atomic mass is 10.1. The first-order valence-corrected chi connectivity index (χ1v) is 9.16. The molecule has 0 radical (unpaired) electrons. The number of hydrogen-bond donors (Lipinski definition) is 1. The lowest BCUT2D eigenvalue weighted by molar-refractivity contribution is 0.102. The van der Waals surface area contributed by atoms with Crippen LogP contribution >= 0.6 is 11.3 Å². The number of thiophene rings is 1. The average molecular weight is 388 g/mol. The van der Waals surface area contributed by atoms with Gasteiger partial charge in [-0.3, -0.25) is 4.79 Å². The van der Waals surface area contributed by atoms with Gasteiger partial charge < -0.3 is 10.2 Å². The number of carbonyl (C=O) groups is 1. The number of benzene rings is 2. The van der Waals surface area contributed by atoms with Gasteiger partial charge in [-0.05, 0) is 24.6 Å². The SMILES string of the molecule is CN1CCc2c(sc(C(=O)Nc3c(F)cccc3F)c2F)-c2ccccc21. The number of nitrogens with one attached hydrogen (secondary N) is 1. The minimum absolute atomic E-state index is 0.179. The van der Waals surface area contributed by atoms with E-state index in [1.54, 1.807) is 0 Å². The molecule has 3 nitrogen and oxygen atoms in total. The van der Waals surface area contributed by atoms with Crippen LogP contribution in [-0.4, -0.2) is 19.5 Å². The Hall–Kier alpha value is -2.80. The quantitative estimate of drug-likeness (QED) is 0.664. The summed E-state index contributed by atoms with van der Waals surface area (Å²) in [6.07, 6.45) is 0.435. The molecule has 1 amide bonds. The van der Waals surface area contributed by atoms with Crippen molar-refractivity contribution in [2.45, 2.75) is 6.42 Å². The van der Waals surface area contributed by atoms with Crippen LogP contribution < -0.4 is 10.2 Å². The second kappa shape index (κ2) is 6.74. The van der Waals surface area contributed by atoms with E-state index in [9.17, 15) is 13.6 Å². The molecule has 7 heteroatoms. The molecule has 1 aromatic heterocycles. The third kappa shape index (κ3) is 2.98. The second-order valence-electron chi connectivity index (χ2n) is 6.29. The standard InChI is InChI=1S/C20H15F3N2OS/c1-25-10-9-12-16(23)19(27-18(12)11-5-2-3-8-15(11)25)20(26)24-17-13(21)6-4-7-14(17)22/h2-8H,9-10H2,1H3,(H,24,26). The van der Waals surface area contributed by atoms with Gasteiger partial charge in [0.15, 0.2) is 5.82 Å². The van der Waals surface area contributed by atoms with Crippen molar-refractivity contribution >= 4 is 28.6 Å². The molecule has 1 aliphatic rings. The lowest BCUT2D eigenvalue weighted by Crippen LogP contribution is -2.19. The molecule has 1 N–H and O–H groups in total. The Morgan fingerprint density at radius 2 is 1.78 bits per heavy atom. The maximum Gasteiger partial charge on any atom is 0.268 e. The minimum Gasteiger partial charge on any atom is -0.374 e. The van der Waals surface area contributed by atoms with Crippen LogP contribution in [0.2, 0.25) is 0 Å². The van der Waals surface area contributed by atoms with Gasteiger partial charge in [0.25, 0.3) is 5.91 Å². The van der Waals surface area contributed by atoms with Crippen molar-refractivity contribution in [1.82, 2.24) is 0 Å². The zero-order valence-electron chi connectivity index (χ0n) is 14.4. The maximum atomic E-state index is 15.0. The molecule has 0 bridgehead atoms. The summed E-state index contributed by atoms with van der Waals surface area (Å²) in [4.78, 5) is 15.1. The smallest absolute Gasteiger partial charge is 0.268 e. The average Bonchev–Trinajstić information content (AvgIpc) is 2.91. The third-order valence-electron chi connectivity index (χ3n) is 4.61. The molecule has 0 fully saturated rings. The Morgan fingerprint density at radius 3 is 2.52 bits per heavy atom. The number of amides is 1. The molecule has 3 aromatic rings. The fraction of sp³-hybridized carbons (Fsp3) is 0.150. The van der Waals surface area contributed by atoms with Gasteiger partial charge in [0.1, 0.15) is 22.2 Å². The Balaban J connectivity index is 1.76. The Kier molecular flexibility index (Phi) is 4.39. The maximum absolute atomic E-state index is 15.0. The van der Waals surface area contributed by atoms with Crippen LogP contribution in [0.5, 0.6) is 0 Å². The number of fused-ring (bicyclic) bond motifs is 3. The summed E-state index contributed by atoms with van der Waals surface area (Å²) in [6, 6.07) is 10.8. The van der Waals surface area contributed by atoms with Gasteiger partial charge in [-0.15, -0.1) is 11.3 Å². The predicted octanol–water partition coefficient (Wildman–Crippen LogP) is 5.08. The van der Waals surface area contributed by atoms with Crippen molar-refractivity contribution in [3.63, 3.8) is 0 Å². The van der Waals surface area contributed by atoms with Gasteiger partial charge in [0.05, 0.1) is 0 Å². The van der Waals surface area contributed by atoms with Gasteiger partial charge in [0.2, 0.25) is 0 Å². The molecule has 0 aliphatic carbocycles. The van der Waals surface area contributed by atoms with Gasteiger partial charge in [-0.1, -0.05) is 24.3 Å². The zero-order chi connectivity index (χ0) is 19.1. The van der Waals surface area contributed by atoms with Gasteiger partial charge in [-0.25, -0.2) is 13.2 Å². The fourth-order valence-corrected chi connectivity index (χ4v) is 4.38. The molecule has 1 aliphatic heterocycles. The van der Waals surface area contributed by atoms with Crippen LogP contribution in [0, 0.1) is 17.5 Å². The highest BCUT2D eigenvalue weighted by Crippen LogP contribution is 2.42. The van der Waals surface area contributed by atoms with Crippen molar-refractivity contribution < 1.29 is 18.0 Å². The van der Waals surface area contributed by atoms with E-state index in [0.717, 1.165) is 34.7 Å². The van der Waals surface area contributed by atoms with Crippen LogP contribution in [0.1, 0.15) is 15.2 Å². The lowest BCUT2D eigenvalue weighted by Gasteiger charge is -2.18. The van der Waals surface area contributed by atoms with Crippen LogP contribution in [0.25, 0.3) is 10.4 Å². The summed E-state index contributed by atoms with van der Waals surface area (Å²) >= 11 is 1.00. The molecule has 138 valence electrons. The molecular weight excluding hydrogens is 373 g/mol. The highest BCUT2D eigenvalue weighted by Gasteiger charge is 2.28. The minimum atomic E-state index is -0.908. The number of hydrogen-bond acceptors (Lipinski definition) is 3. The van der Waals surface area contributed by atoms with Crippen molar-refractivity contribution in [2.75, 3.05) is 23.8 Å². The van der Waals surface area contributed by atoms with Gasteiger partial charge in [-0.2, -0.15) is 0 Å². The summed E-state index contributed by atoms with van der Waals surface area (Å²) < 4.78 is 42.6. The molecule has 2 heterocycles. The molecule has 0 atom stereocenters. The summed E-state index contributed by atoms with van der Waals surface area (Å²) in [5, 5.41) is 2.16. The summed E-state index contributed by atoms with van der Waals surface area (Å²) in [6.45, 7) is 0.598. The highest BCUT2D eigenvalue weighted by molar-refractivity contribution is 7.17. The first kappa shape index (κ1) is 17.6. The first-order valence-electron chi connectivity index (χ1n) is 8.34. The van der Waals surface area contributed by atoms with E-state index in [2.05, 4.69) is 5.32 Å². The van der Waals surface area contributed by atoms with E-state index in [-0.39, 0.29) is 4.88 Å². The number of halogens is 3. The summed E-state index contributed by atoms with van der Waals surface area (Å²) in [5.41, 5.74) is 1.67. The van der Waals surface area contributed by atoms with Crippen LogP contribution in [0.3, 0.4) is 0 Å². The van der Waals surface area contributed by atoms with E-state index < -0.39 is 29.0 Å². The number of para-hydroxylation sites is 2.